The van der Waals surface area contributed by atoms with Crippen molar-refractivity contribution in [1.82, 2.24) is 10.2 Å². The second kappa shape index (κ2) is 13.0. The van der Waals surface area contributed by atoms with Gasteiger partial charge in [-0.2, -0.15) is 0 Å². The van der Waals surface area contributed by atoms with Crippen molar-refractivity contribution in [1.29, 1.82) is 0 Å². The van der Waals surface area contributed by atoms with Crippen LogP contribution in [0.15, 0.2) is 36.4 Å². The molecule has 192 valence electrons. The number of rotatable bonds is 11. The maximum atomic E-state index is 13.5. The van der Waals surface area contributed by atoms with Crippen molar-refractivity contribution >= 4 is 73.9 Å². The quantitative estimate of drug-likeness (QED) is 0.359. The maximum absolute atomic E-state index is 13.5. The van der Waals surface area contributed by atoms with Gasteiger partial charge in [-0.3, -0.25) is 13.9 Å². The molecule has 0 aliphatic rings. The molecule has 2 aromatic rings. The molecule has 0 heterocycles. The first-order valence-electron chi connectivity index (χ1n) is 10.8. The van der Waals surface area contributed by atoms with Crippen LogP contribution in [0, 0.1) is 0 Å². The Morgan fingerprint density at radius 2 is 1.63 bits per heavy atom. The fraction of sp³-hybridized carbons (Fsp3) is 0.391. The number of amides is 2. The lowest BCUT2D eigenvalue weighted by Gasteiger charge is -2.32. The lowest BCUT2D eigenvalue weighted by atomic mass is 10.1. The monoisotopic (exact) mass is 581 g/mol. The molecule has 0 aliphatic carbocycles. The molecule has 0 fully saturated rings. The zero-order chi connectivity index (χ0) is 26.3. The highest BCUT2D eigenvalue weighted by atomic mass is 35.5. The molecule has 0 saturated heterocycles. The first kappa shape index (κ1) is 29.5. The number of nitrogens with one attached hydrogen (secondary N) is 1. The second-order valence-electron chi connectivity index (χ2n) is 7.91. The molecule has 0 radical (unpaired) electrons. The molecular weight excluding hydrogens is 556 g/mol. The Morgan fingerprint density at radius 3 is 2.17 bits per heavy atom. The van der Waals surface area contributed by atoms with Gasteiger partial charge in [0.05, 0.1) is 22.0 Å². The Balaban J connectivity index is 2.43. The predicted octanol–water partition coefficient (Wildman–Crippen LogP) is 5.40. The van der Waals surface area contributed by atoms with E-state index in [2.05, 4.69) is 5.32 Å². The summed E-state index contributed by atoms with van der Waals surface area (Å²) in [6.07, 6.45) is 2.64. The summed E-state index contributed by atoms with van der Waals surface area (Å²) in [5, 5.41) is 3.81. The van der Waals surface area contributed by atoms with Gasteiger partial charge in [-0.1, -0.05) is 65.8 Å². The Hall–Kier alpha value is -1.71. The van der Waals surface area contributed by atoms with E-state index in [0.717, 1.165) is 23.4 Å². The minimum atomic E-state index is -3.90. The molecule has 0 spiro atoms. The lowest BCUT2D eigenvalue weighted by molar-refractivity contribution is -0.139. The highest BCUT2D eigenvalue weighted by Crippen LogP contribution is 2.30. The van der Waals surface area contributed by atoms with Crippen LogP contribution in [0.2, 0.25) is 20.1 Å². The third kappa shape index (κ3) is 8.15. The molecule has 0 aromatic heterocycles. The largest absolute Gasteiger partial charge is 0.354 e. The van der Waals surface area contributed by atoms with Gasteiger partial charge in [0.2, 0.25) is 21.8 Å². The van der Waals surface area contributed by atoms with E-state index in [0.29, 0.717) is 22.2 Å². The number of hydrogen-bond donors (Lipinski definition) is 1. The van der Waals surface area contributed by atoms with Crippen molar-refractivity contribution in [3.8, 4) is 0 Å². The van der Waals surface area contributed by atoms with Crippen LogP contribution < -0.4 is 9.62 Å². The average Bonchev–Trinajstić information content (AvgIpc) is 2.78. The molecule has 35 heavy (non-hydrogen) atoms. The fourth-order valence-corrected chi connectivity index (χ4v) is 4.88. The number of hydrogen-bond acceptors (Lipinski definition) is 4. The Morgan fingerprint density at radius 1 is 1.00 bits per heavy atom. The molecule has 2 amide bonds. The molecule has 0 saturated carbocycles. The van der Waals surface area contributed by atoms with Crippen molar-refractivity contribution in [2.24, 2.45) is 0 Å². The number of halogens is 4. The molecule has 7 nitrogen and oxygen atoms in total. The third-order valence-corrected chi connectivity index (χ3v) is 7.85. The third-order valence-electron chi connectivity index (χ3n) is 5.26. The molecule has 2 rings (SSSR count). The van der Waals surface area contributed by atoms with Crippen molar-refractivity contribution in [2.75, 3.05) is 23.7 Å². The van der Waals surface area contributed by atoms with E-state index in [9.17, 15) is 18.0 Å². The Labute approximate surface area is 226 Å². The number of benzene rings is 2. The van der Waals surface area contributed by atoms with Gasteiger partial charge in [-0.05, 0) is 43.7 Å². The van der Waals surface area contributed by atoms with Crippen LogP contribution in [0.5, 0.6) is 0 Å². The molecule has 12 heteroatoms. The summed E-state index contributed by atoms with van der Waals surface area (Å²) in [5.74, 6) is -1.01. The zero-order valence-corrected chi connectivity index (χ0v) is 23.4. The molecular formula is C23H27Cl4N3O4S. The highest BCUT2D eigenvalue weighted by molar-refractivity contribution is 7.92. The number of nitrogens with zero attached hydrogens (tertiary/aromatic N) is 2. The number of carbonyl (C=O) groups is 2. The van der Waals surface area contributed by atoms with E-state index in [1.165, 1.54) is 23.1 Å². The van der Waals surface area contributed by atoms with E-state index in [1.807, 2.05) is 6.92 Å². The maximum Gasteiger partial charge on any atom is 0.244 e. The standard InChI is InChI=1S/C23H27Cl4N3O4S/c1-4-5-11-28-23(32)15(2)29(13-17-18(24)7-6-8-19(17)25)22(31)14-30(35(3,33)34)16-9-10-20(26)21(27)12-16/h6-10,12,15H,4-5,11,13-14H2,1-3H3,(H,28,32). The Bertz CT molecular complexity index is 1160. The van der Waals surface area contributed by atoms with Crippen LogP contribution in [0.4, 0.5) is 5.69 Å². The van der Waals surface area contributed by atoms with Gasteiger partial charge in [-0.15, -0.1) is 0 Å². The van der Waals surface area contributed by atoms with E-state index in [4.69, 9.17) is 46.4 Å². The van der Waals surface area contributed by atoms with E-state index in [1.54, 1.807) is 25.1 Å². The summed E-state index contributed by atoms with van der Waals surface area (Å²) in [6.45, 7) is 3.33. The molecule has 2 aromatic carbocycles. The zero-order valence-electron chi connectivity index (χ0n) is 19.5. The van der Waals surface area contributed by atoms with Crippen molar-refractivity contribution in [3.05, 3.63) is 62.1 Å². The van der Waals surface area contributed by atoms with Gasteiger partial charge in [0.25, 0.3) is 0 Å². The fourth-order valence-electron chi connectivity index (χ4n) is 3.23. The van der Waals surface area contributed by atoms with Crippen LogP contribution in [0.3, 0.4) is 0 Å². The SMILES string of the molecule is CCCCNC(=O)C(C)N(Cc1c(Cl)cccc1Cl)C(=O)CN(c1ccc(Cl)c(Cl)c1)S(C)(=O)=O. The summed E-state index contributed by atoms with van der Waals surface area (Å²) in [5.41, 5.74) is 0.601. The number of anilines is 1. The molecule has 1 unspecified atom stereocenters. The van der Waals surface area contributed by atoms with Crippen LogP contribution >= 0.6 is 46.4 Å². The highest BCUT2D eigenvalue weighted by Gasteiger charge is 2.31. The van der Waals surface area contributed by atoms with Crippen LogP contribution in [0.1, 0.15) is 32.3 Å². The molecule has 0 bridgehead atoms. The summed E-state index contributed by atoms with van der Waals surface area (Å²) in [4.78, 5) is 27.6. The average molecular weight is 583 g/mol. The van der Waals surface area contributed by atoms with Crippen LogP contribution in [0.25, 0.3) is 0 Å². The topological polar surface area (TPSA) is 86.8 Å². The van der Waals surface area contributed by atoms with Crippen LogP contribution in [-0.2, 0) is 26.2 Å². The molecule has 0 aliphatic heterocycles. The first-order chi connectivity index (χ1) is 16.4. The molecule has 1 N–H and O–H groups in total. The Kier molecular flexibility index (Phi) is 11.0. The van der Waals surface area contributed by atoms with Crippen molar-refractivity contribution in [2.45, 2.75) is 39.3 Å². The normalized spacial score (nSPS) is 12.2. The van der Waals surface area contributed by atoms with Crippen molar-refractivity contribution < 1.29 is 18.0 Å². The molecule has 1 atom stereocenters. The minimum absolute atomic E-state index is 0.0985. The summed E-state index contributed by atoms with van der Waals surface area (Å²) in [7, 11) is -3.90. The lowest BCUT2D eigenvalue weighted by Crippen LogP contribution is -2.51. The van der Waals surface area contributed by atoms with E-state index < -0.39 is 28.5 Å². The van der Waals surface area contributed by atoms with Gasteiger partial charge >= 0.3 is 0 Å². The number of unbranched alkanes of at least 4 members (excludes halogenated alkanes) is 1. The van der Waals surface area contributed by atoms with Gasteiger partial charge in [0.1, 0.15) is 12.6 Å². The second-order valence-corrected chi connectivity index (χ2v) is 11.4. The minimum Gasteiger partial charge on any atom is -0.354 e. The van der Waals surface area contributed by atoms with Gasteiger partial charge in [0.15, 0.2) is 0 Å². The van der Waals surface area contributed by atoms with Gasteiger partial charge in [0, 0.05) is 28.7 Å². The summed E-state index contributed by atoms with van der Waals surface area (Å²) < 4.78 is 26.1. The van der Waals surface area contributed by atoms with Gasteiger partial charge in [-0.25, -0.2) is 8.42 Å². The smallest absolute Gasteiger partial charge is 0.244 e. The first-order valence-corrected chi connectivity index (χ1v) is 14.2. The summed E-state index contributed by atoms with van der Waals surface area (Å²) >= 11 is 24.7. The number of carbonyl (C=O) groups excluding carboxylic acids is 2. The van der Waals surface area contributed by atoms with Crippen LogP contribution in [-0.4, -0.2) is 50.5 Å². The van der Waals surface area contributed by atoms with E-state index >= 15 is 0 Å². The van der Waals surface area contributed by atoms with E-state index in [-0.39, 0.29) is 28.2 Å². The number of sulfonamides is 1. The summed E-state index contributed by atoms with van der Waals surface area (Å²) in [6, 6.07) is 8.21. The predicted molar refractivity (Wildman–Crippen MR) is 143 cm³/mol. The van der Waals surface area contributed by atoms with Gasteiger partial charge < -0.3 is 10.2 Å². The van der Waals surface area contributed by atoms with Crippen molar-refractivity contribution in [3.63, 3.8) is 0 Å².